The van der Waals surface area contributed by atoms with Crippen LogP contribution in [0.1, 0.15) is 0 Å². The van der Waals surface area contributed by atoms with Crippen molar-refractivity contribution in [2.75, 3.05) is 31.7 Å². The number of nitrogens with one attached hydrogen (secondary N) is 1. The standard InChI is InChI=1S/C11H13ClFNO2/c12-9-3-8(1-2-10(9)13)14-4-11(5-15)6-16-7-11/h1-3,14-15H,4-7H2. The minimum Gasteiger partial charge on any atom is -0.396 e. The predicted octanol–water partition coefficient (Wildman–Crippen LogP) is 1.90. The highest BCUT2D eigenvalue weighted by molar-refractivity contribution is 6.31. The highest BCUT2D eigenvalue weighted by Crippen LogP contribution is 2.28. The third-order valence-electron chi connectivity index (χ3n) is 2.74. The van der Waals surface area contributed by atoms with Gasteiger partial charge < -0.3 is 15.2 Å². The second kappa shape index (κ2) is 4.57. The fraction of sp³-hybridized carbons (Fsp3) is 0.455. The summed E-state index contributed by atoms with van der Waals surface area (Å²) in [6.45, 7) is 1.76. The Bertz CT molecular complexity index is 377. The minimum atomic E-state index is -0.434. The Balaban J connectivity index is 1.96. The molecule has 0 bridgehead atoms. The highest BCUT2D eigenvalue weighted by atomic mass is 35.5. The summed E-state index contributed by atoms with van der Waals surface area (Å²) >= 11 is 5.66. The van der Waals surface area contributed by atoms with Crippen molar-refractivity contribution in [2.24, 2.45) is 5.41 Å². The van der Waals surface area contributed by atoms with Crippen LogP contribution in [0.15, 0.2) is 18.2 Å². The first kappa shape index (κ1) is 11.6. The summed E-state index contributed by atoms with van der Waals surface area (Å²) in [6.07, 6.45) is 0. The molecule has 1 fully saturated rings. The summed E-state index contributed by atoms with van der Waals surface area (Å²) in [5.74, 6) is -0.434. The number of ether oxygens (including phenoxy) is 1. The van der Waals surface area contributed by atoms with Gasteiger partial charge >= 0.3 is 0 Å². The van der Waals surface area contributed by atoms with Crippen LogP contribution in [0.3, 0.4) is 0 Å². The maximum atomic E-state index is 12.9. The van der Waals surface area contributed by atoms with Gasteiger partial charge in [-0.25, -0.2) is 4.39 Å². The molecule has 0 spiro atoms. The minimum absolute atomic E-state index is 0.0783. The fourth-order valence-corrected chi connectivity index (χ4v) is 1.72. The number of halogens is 2. The molecular formula is C11H13ClFNO2. The third-order valence-corrected chi connectivity index (χ3v) is 3.03. The molecule has 1 aliphatic heterocycles. The Kier molecular flexibility index (Phi) is 3.33. The van der Waals surface area contributed by atoms with Crippen molar-refractivity contribution >= 4 is 17.3 Å². The average Bonchev–Trinajstić information content (AvgIpc) is 2.22. The van der Waals surface area contributed by atoms with Gasteiger partial charge in [-0.2, -0.15) is 0 Å². The van der Waals surface area contributed by atoms with Gasteiger partial charge in [0.25, 0.3) is 0 Å². The number of benzene rings is 1. The van der Waals surface area contributed by atoms with Gasteiger partial charge in [0.05, 0.1) is 30.3 Å². The summed E-state index contributed by atoms with van der Waals surface area (Å²) in [4.78, 5) is 0. The van der Waals surface area contributed by atoms with E-state index in [0.717, 1.165) is 5.69 Å². The largest absolute Gasteiger partial charge is 0.396 e. The predicted molar refractivity (Wildman–Crippen MR) is 60.2 cm³/mol. The zero-order valence-electron chi connectivity index (χ0n) is 8.67. The van der Waals surface area contributed by atoms with E-state index in [-0.39, 0.29) is 17.0 Å². The topological polar surface area (TPSA) is 41.5 Å². The zero-order valence-corrected chi connectivity index (χ0v) is 9.43. The molecule has 1 saturated heterocycles. The van der Waals surface area contributed by atoms with Crippen molar-refractivity contribution in [2.45, 2.75) is 0 Å². The van der Waals surface area contributed by atoms with Crippen LogP contribution in [0.4, 0.5) is 10.1 Å². The van der Waals surface area contributed by atoms with Crippen LogP contribution < -0.4 is 5.32 Å². The Labute approximate surface area is 98.2 Å². The third kappa shape index (κ3) is 2.29. The van der Waals surface area contributed by atoms with E-state index >= 15 is 0 Å². The molecule has 0 aromatic heterocycles. The first-order chi connectivity index (χ1) is 7.65. The molecule has 0 saturated carbocycles. The number of anilines is 1. The van der Waals surface area contributed by atoms with Gasteiger partial charge in [0, 0.05) is 12.2 Å². The van der Waals surface area contributed by atoms with Gasteiger partial charge in [0.15, 0.2) is 0 Å². The maximum Gasteiger partial charge on any atom is 0.141 e. The number of rotatable bonds is 4. The molecular weight excluding hydrogens is 233 g/mol. The molecule has 1 aliphatic rings. The molecule has 2 N–H and O–H groups in total. The smallest absolute Gasteiger partial charge is 0.141 e. The van der Waals surface area contributed by atoms with Crippen LogP contribution >= 0.6 is 11.6 Å². The van der Waals surface area contributed by atoms with Crippen LogP contribution in [0.25, 0.3) is 0 Å². The van der Waals surface area contributed by atoms with Gasteiger partial charge in [-0.1, -0.05) is 11.6 Å². The summed E-state index contributed by atoms with van der Waals surface area (Å²) in [6, 6.07) is 4.46. The Hall–Kier alpha value is -0.840. The molecule has 1 heterocycles. The lowest BCUT2D eigenvalue weighted by Gasteiger charge is -2.40. The summed E-state index contributed by atoms with van der Waals surface area (Å²) in [7, 11) is 0. The van der Waals surface area contributed by atoms with Crippen LogP contribution in [0, 0.1) is 11.2 Å². The number of hydrogen-bond acceptors (Lipinski definition) is 3. The Morgan fingerprint density at radius 2 is 2.25 bits per heavy atom. The van der Waals surface area contributed by atoms with E-state index in [2.05, 4.69) is 5.32 Å². The van der Waals surface area contributed by atoms with Gasteiger partial charge in [0.1, 0.15) is 5.82 Å². The van der Waals surface area contributed by atoms with Crippen LogP contribution in [0.5, 0.6) is 0 Å². The van der Waals surface area contributed by atoms with Crippen LogP contribution in [-0.4, -0.2) is 31.5 Å². The molecule has 0 radical (unpaired) electrons. The SMILES string of the molecule is OCC1(CNc2ccc(F)c(Cl)c2)COC1. The molecule has 0 aliphatic carbocycles. The Morgan fingerprint density at radius 3 is 2.75 bits per heavy atom. The van der Waals surface area contributed by atoms with Crippen molar-refractivity contribution in [1.82, 2.24) is 0 Å². The molecule has 88 valence electrons. The summed E-state index contributed by atoms with van der Waals surface area (Å²) < 4.78 is 18.0. The van der Waals surface area contributed by atoms with E-state index < -0.39 is 5.82 Å². The number of aliphatic hydroxyl groups is 1. The molecule has 1 aromatic rings. The normalized spacial score (nSPS) is 17.9. The van der Waals surface area contributed by atoms with Gasteiger partial charge in [-0.3, -0.25) is 0 Å². The van der Waals surface area contributed by atoms with E-state index in [1.165, 1.54) is 12.1 Å². The number of aliphatic hydroxyl groups excluding tert-OH is 1. The number of hydrogen-bond donors (Lipinski definition) is 2. The fourth-order valence-electron chi connectivity index (χ4n) is 1.54. The van der Waals surface area contributed by atoms with Crippen molar-refractivity contribution in [1.29, 1.82) is 0 Å². The average molecular weight is 246 g/mol. The summed E-state index contributed by atoms with van der Waals surface area (Å²) in [5.41, 5.74) is 0.534. The molecule has 5 heteroatoms. The molecule has 0 amide bonds. The first-order valence-electron chi connectivity index (χ1n) is 5.03. The monoisotopic (exact) mass is 245 g/mol. The highest BCUT2D eigenvalue weighted by Gasteiger charge is 2.37. The van der Waals surface area contributed by atoms with Crippen molar-refractivity contribution in [3.05, 3.63) is 29.0 Å². The lowest BCUT2D eigenvalue weighted by molar-refractivity contribution is -0.128. The van der Waals surface area contributed by atoms with Gasteiger partial charge in [0.2, 0.25) is 0 Å². The lowest BCUT2D eigenvalue weighted by Crippen LogP contribution is -2.50. The second-order valence-electron chi connectivity index (χ2n) is 4.13. The van der Waals surface area contributed by atoms with E-state index in [4.69, 9.17) is 16.3 Å². The van der Waals surface area contributed by atoms with E-state index in [0.29, 0.717) is 19.8 Å². The van der Waals surface area contributed by atoms with Gasteiger partial charge in [-0.15, -0.1) is 0 Å². The second-order valence-corrected chi connectivity index (χ2v) is 4.54. The van der Waals surface area contributed by atoms with Crippen molar-refractivity contribution in [3.8, 4) is 0 Å². The first-order valence-corrected chi connectivity index (χ1v) is 5.41. The van der Waals surface area contributed by atoms with Crippen LogP contribution in [-0.2, 0) is 4.74 Å². The molecule has 3 nitrogen and oxygen atoms in total. The van der Waals surface area contributed by atoms with E-state index in [9.17, 15) is 9.50 Å². The molecule has 0 unspecified atom stereocenters. The molecule has 2 rings (SSSR count). The van der Waals surface area contributed by atoms with Gasteiger partial charge in [-0.05, 0) is 18.2 Å². The quantitative estimate of drug-likeness (QED) is 0.851. The van der Waals surface area contributed by atoms with Crippen molar-refractivity contribution in [3.63, 3.8) is 0 Å². The molecule has 1 aromatic carbocycles. The summed E-state index contributed by atoms with van der Waals surface area (Å²) in [5, 5.41) is 12.4. The zero-order chi connectivity index (χ0) is 11.6. The molecule has 0 atom stereocenters. The van der Waals surface area contributed by atoms with E-state index in [1.807, 2.05) is 0 Å². The molecule has 16 heavy (non-hydrogen) atoms. The maximum absolute atomic E-state index is 12.9. The lowest BCUT2D eigenvalue weighted by atomic mass is 9.87. The van der Waals surface area contributed by atoms with Crippen molar-refractivity contribution < 1.29 is 14.2 Å². The Morgan fingerprint density at radius 1 is 1.50 bits per heavy atom. The van der Waals surface area contributed by atoms with Crippen LogP contribution in [0.2, 0.25) is 5.02 Å². The van der Waals surface area contributed by atoms with E-state index in [1.54, 1.807) is 6.07 Å².